The molecule has 0 atom stereocenters. The Morgan fingerprint density at radius 3 is 2.19 bits per heavy atom. The zero-order chi connectivity index (χ0) is 18.1. The predicted octanol–water partition coefficient (Wildman–Crippen LogP) is 3.39. The molecule has 1 N–H and O–H groups in total. The first-order chi connectivity index (χ1) is 12.5. The van der Waals surface area contributed by atoms with Crippen LogP contribution in [-0.4, -0.2) is 24.0 Å². The molecule has 4 aliphatic carbocycles. The van der Waals surface area contributed by atoms with Crippen LogP contribution in [0.15, 0.2) is 24.3 Å². The summed E-state index contributed by atoms with van der Waals surface area (Å²) >= 11 is 0. The van der Waals surface area contributed by atoms with E-state index in [1.165, 1.54) is 31.4 Å². The average Bonchev–Trinajstić information content (AvgIpc) is 2.58. The van der Waals surface area contributed by atoms with Crippen LogP contribution in [0, 0.1) is 23.6 Å². The first kappa shape index (κ1) is 17.5. The van der Waals surface area contributed by atoms with Crippen molar-refractivity contribution in [1.29, 1.82) is 0 Å². The van der Waals surface area contributed by atoms with Gasteiger partial charge in [-0.3, -0.25) is 9.59 Å². The molecule has 4 fully saturated rings. The number of halogens is 1. The molecule has 0 spiro atoms. The zero-order valence-electron chi connectivity index (χ0n) is 15.0. The van der Waals surface area contributed by atoms with Crippen LogP contribution in [0.25, 0.3) is 0 Å². The van der Waals surface area contributed by atoms with Crippen molar-refractivity contribution < 1.29 is 18.7 Å². The molecule has 26 heavy (non-hydrogen) atoms. The summed E-state index contributed by atoms with van der Waals surface area (Å²) in [6.07, 6.45) is 7.91. The predicted molar refractivity (Wildman–Crippen MR) is 94.7 cm³/mol. The van der Waals surface area contributed by atoms with Crippen LogP contribution in [0.3, 0.4) is 0 Å². The van der Waals surface area contributed by atoms with Crippen molar-refractivity contribution in [1.82, 2.24) is 5.32 Å². The van der Waals surface area contributed by atoms with Crippen LogP contribution in [0.4, 0.5) is 4.39 Å². The normalized spacial score (nSPS) is 31.7. The van der Waals surface area contributed by atoms with Crippen LogP contribution in [-0.2, 0) is 20.7 Å². The summed E-state index contributed by atoms with van der Waals surface area (Å²) in [4.78, 5) is 24.2. The second-order valence-electron chi connectivity index (χ2n) is 8.53. The van der Waals surface area contributed by atoms with Gasteiger partial charge in [-0.2, -0.15) is 0 Å². The highest BCUT2D eigenvalue weighted by Crippen LogP contribution is 2.55. The highest BCUT2D eigenvalue weighted by Gasteiger charge is 2.51. The van der Waals surface area contributed by atoms with Crippen LogP contribution in [0.2, 0.25) is 0 Å². The van der Waals surface area contributed by atoms with Gasteiger partial charge in [-0.05, 0) is 80.4 Å². The van der Waals surface area contributed by atoms with E-state index in [0.29, 0.717) is 6.42 Å². The van der Waals surface area contributed by atoms with Crippen LogP contribution < -0.4 is 5.32 Å². The number of hydrogen-bond donors (Lipinski definition) is 1. The second-order valence-corrected chi connectivity index (χ2v) is 8.53. The second kappa shape index (κ2) is 7.01. The molecular weight excluding hydrogens is 333 g/mol. The van der Waals surface area contributed by atoms with Crippen LogP contribution in [0.5, 0.6) is 0 Å². The van der Waals surface area contributed by atoms with Crippen molar-refractivity contribution in [2.24, 2.45) is 17.8 Å². The molecule has 5 heteroatoms. The van der Waals surface area contributed by atoms with Crippen LogP contribution in [0.1, 0.15) is 50.5 Å². The van der Waals surface area contributed by atoms with Gasteiger partial charge in [-0.25, -0.2) is 4.39 Å². The molecule has 0 unspecified atom stereocenters. The molecule has 1 aromatic carbocycles. The third-order valence-corrected chi connectivity index (χ3v) is 6.34. The molecule has 4 bridgehead atoms. The van der Waals surface area contributed by atoms with Crippen molar-refractivity contribution in [2.45, 2.75) is 56.9 Å². The van der Waals surface area contributed by atoms with Gasteiger partial charge < -0.3 is 10.1 Å². The lowest BCUT2D eigenvalue weighted by atomic mass is 9.53. The molecular formula is C21H26FNO3. The lowest BCUT2D eigenvalue weighted by molar-refractivity contribution is -0.150. The summed E-state index contributed by atoms with van der Waals surface area (Å²) < 4.78 is 18.0. The van der Waals surface area contributed by atoms with Gasteiger partial charge in [0, 0.05) is 12.0 Å². The Bertz CT molecular complexity index is 650. The quantitative estimate of drug-likeness (QED) is 0.792. The molecule has 4 aliphatic rings. The summed E-state index contributed by atoms with van der Waals surface area (Å²) in [6.45, 7) is -0.204. The number of aryl methyl sites for hydroxylation is 1. The molecule has 0 aliphatic heterocycles. The standard InChI is InChI=1S/C21H26FNO3/c22-18-4-1-14(2-5-18)3-6-20(25)26-13-19(24)23-21-10-15-7-16(11-21)9-17(8-15)12-21/h1-2,4-5,15-17H,3,6-13H2,(H,23,24). The molecule has 0 saturated heterocycles. The number of carbonyl (C=O) groups is 2. The highest BCUT2D eigenvalue weighted by molar-refractivity contribution is 5.81. The van der Waals surface area contributed by atoms with E-state index in [-0.39, 0.29) is 30.3 Å². The number of ether oxygens (including phenoxy) is 1. The van der Waals surface area contributed by atoms with Crippen molar-refractivity contribution in [3.05, 3.63) is 35.6 Å². The van der Waals surface area contributed by atoms with Crippen molar-refractivity contribution >= 4 is 11.9 Å². The Morgan fingerprint density at radius 2 is 1.62 bits per heavy atom. The van der Waals surface area contributed by atoms with Gasteiger partial charge >= 0.3 is 5.97 Å². The van der Waals surface area contributed by atoms with E-state index in [9.17, 15) is 14.0 Å². The van der Waals surface area contributed by atoms with Gasteiger partial charge in [0.2, 0.25) is 0 Å². The number of carbonyl (C=O) groups excluding carboxylic acids is 2. The summed E-state index contributed by atoms with van der Waals surface area (Å²) in [5.74, 6) is 1.43. The lowest BCUT2D eigenvalue weighted by Crippen LogP contribution is -2.60. The molecule has 5 rings (SSSR count). The molecule has 4 nitrogen and oxygen atoms in total. The third-order valence-electron chi connectivity index (χ3n) is 6.34. The van der Waals surface area contributed by atoms with E-state index in [2.05, 4.69) is 5.32 Å². The number of rotatable bonds is 6. The van der Waals surface area contributed by atoms with E-state index >= 15 is 0 Å². The summed E-state index contributed by atoms with van der Waals surface area (Å²) in [5, 5.41) is 3.20. The minimum atomic E-state index is -0.394. The Hall–Kier alpha value is -1.91. The Balaban J connectivity index is 1.21. The number of esters is 1. The Labute approximate surface area is 153 Å². The number of nitrogens with one attached hydrogen (secondary N) is 1. The molecule has 140 valence electrons. The fraction of sp³-hybridized carbons (Fsp3) is 0.619. The Kier molecular flexibility index (Phi) is 4.72. The van der Waals surface area contributed by atoms with E-state index < -0.39 is 5.97 Å². The molecule has 0 heterocycles. The third kappa shape index (κ3) is 3.92. The van der Waals surface area contributed by atoms with Crippen LogP contribution >= 0.6 is 0 Å². The molecule has 1 amide bonds. The maximum atomic E-state index is 12.9. The molecule has 1 aromatic rings. The maximum Gasteiger partial charge on any atom is 0.306 e. The maximum absolute atomic E-state index is 12.9. The fourth-order valence-corrected chi connectivity index (χ4v) is 5.71. The van der Waals surface area contributed by atoms with Gasteiger partial charge in [0.25, 0.3) is 5.91 Å². The summed E-state index contributed by atoms with van der Waals surface area (Å²) in [5.41, 5.74) is 0.827. The van der Waals surface area contributed by atoms with Crippen molar-refractivity contribution in [2.75, 3.05) is 6.61 Å². The minimum Gasteiger partial charge on any atom is -0.456 e. The SMILES string of the molecule is O=C(COC(=O)CCc1ccc(F)cc1)NC12CC3CC(CC(C3)C1)C2. The van der Waals surface area contributed by atoms with Gasteiger partial charge in [-0.15, -0.1) is 0 Å². The van der Waals surface area contributed by atoms with E-state index in [0.717, 1.165) is 42.6 Å². The first-order valence-electron chi connectivity index (χ1n) is 9.71. The number of benzene rings is 1. The first-order valence-corrected chi connectivity index (χ1v) is 9.71. The van der Waals surface area contributed by atoms with Gasteiger partial charge in [0.1, 0.15) is 5.82 Å². The van der Waals surface area contributed by atoms with Gasteiger partial charge in [-0.1, -0.05) is 12.1 Å². The molecule has 4 saturated carbocycles. The lowest BCUT2D eigenvalue weighted by Gasteiger charge is -2.56. The fourth-order valence-electron chi connectivity index (χ4n) is 5.71. The van der Waals surface area contributed by atoms with E-state index in [4.69, 9.17) is 4.74 Å². The molecule has 0 aromatic heterocycles. The minimum absolute atomic E-state index is 0.0493. The molecule has 0 radical (unpaired) electrons. The smallest absolute Gasteiger partial charge is 0.306 e. The number of amides is 1. The monoisotopic (exact) mass is 359 g/mol. The highest BCUT2D eigenvalue weighted by atomic mass is 19.1. The topological polar surface area (TPSA) is 55.4 Å². The summed E-state index contributed by atoms with van der Waals surface area (Å²) in [7, 11) is 0. The van der Waals surface area contributed by atoms with Gasteiger partial charge in [0.05, 0.1) is 0 Å². The van der Waals surface area contributed by atoms with Crippen molar-refractivity contribution in [3.8, 4) is 0 Å². The number of hydrogen-bond acceptors (Lipinski definition) is 3. The van der Waals surface area contributed by atoms with Crippen molar-refractivity contribution in [3.63, 3.8) is 0 Å². The van der Waals surface area contributed by atoms with Gasteiger partial charge in [0.15, 0.2) is 6.61 Å². The zero-order valence-corrected chi connectivity index (χ0v) is 15.0. The average molecular weight is 359 g/mol. The Morgan fingerprint density at radius 1 is 1.04 bits per heavy atom. The largest absolute Gasteiger partial charge is 0.456 e. The van der Waals surface area contributed by atoms with E-state index in [1.807, 2.05) is 0 Å². The van der Waals surface area contributed by atoms with E-state index in [1.54, 1.807) is 12.1 Å². The summed E-state index contributed by atoms with van der Waals surface area (Å²) in [6, 6.07) is 6.06.